The van der Waals surface area contributed by atoms with E-state index in [1.807, 2.05) is 44.2 Å². The lowest BCUT2D eigenvalue weighted by molar-refractivity contribution is -0.117. The standard InChI is InChI=1S/C14H17NO2/c1-11(2)13(10-16)15-14(17)9-8-12-6-4-3-5-7-12/h3-7,11,13,16H,10H2,1-2H3,(H,15,17). The van der Waals surface area contributed by atoms with Gasteiger partial charge in [-0.3, -0.25) is 4.79 Å². The van der Waals surface area contributed by atoms with E-state index in [2.05, 4.69) is 17.2 Å². The molecule has 1 amide bonds. The predicted octanol–water partition coefficient (Wildman–Crippen LogP) is 1.17. The number of aliphatic hydroxyl groups is 1. The van der Waals surface area contributed by atoms with Gasteiger partial charge in [0.15, 0.2) is 0 Å². The molecule has 0 aromatic heterocycles. The van der Waals surface area contributed by atoms with Gasteiger partial charge in [-0.05, 0) is 18.1 Å². The van der Waals surface area contributed by atoms with Crippen LogP contribution in [0.5, 0.6) is 0 Å². The lowest BCUT2D eigenvalue weighted by Gasteiger charge is -2.17. The Hall–Kier alpha value is -1.79. The summed E-state index contributed by atoms with van der Waals surface area (Å²) in [6, 6.07) is 9.07. The Kier molecular flexibility index (Phi) is 5.25. The van der Waals surface area contributed by atoms with Crippen LogP contribution in [0.4, 0.5) is 0 Å². The molecule has 0 bridgehead atoms. The maximum absolute atomic E-state index is 11.5. The molecule has 90 valence electrons. The van der Waals surface area contributed by atoms with Crippen LogP contribution in [0.25, 0.3) is 0 Å². The van der Waals surface area contributed by atoms with E-state index in [9.17, 15) is 4.79 Å². The second-order valence-corrected chi connectivity index (χ2v) is 4.12. The van der Waals surface area contributed by atoms with Crippen molar-refractivity contribution in [2.45, 2.75) is 19.9 Å². The third-order valence-corrected chi connectivity index (χ3v) is 2.41. The third-order valence-electron chi connectivity index (χ3n) is 2.41. The van der Waals surface area contributed by atoms with Crippen LogP contribution in [0.2, 0.25) is 0 Å². The summed E-state index contributed by atoms with van der Waals surface area (Å²) in [4.78, 5) is 11.5. The van der Waals surface area contributed by atoms with Gasteiger partial charge in [-0.2, -0.15) is 0 Å². The van der Waals surface area contributed by atoms with Crippen LogP contribution in [0, 0.1) is 17.8 Å². The second-order valence-electron chi connectivity index (χ2n) is 4.12. The van der Waals surface area contributed by atoms with Crippen LogP contribution in [0.3, 0.4) is 0 Å². The van der Waals surface area contributed by atoms with Crippen molar-refractivity contribution >= 4 is 5.91 Å². The lowest BCUT2D eigenvalue weighted by Crippen LogP contribution is -2.40. The molecule has 0 saturated carbocycles. The Morgan fingerprint density at radius 2 is 2.00 bits per heavy atom. The molecule has 1 rings (SSSR count). The molecule has 0 spiro atoms. The first-order chi connectivity index (χ1) is 8.13. The molecule has 1 aromatic rings. The lowest BCUT2D eigenvalue weighted by atomic mass is 10.1. The van der Waals surface area contributed by atoms with Crippen LogP contribution in [-0.2, 0) is 4.79 Å². The summed E-state index contributed by atoms with van der Waals surface area (Å²) in [5.41, 5.74) is 0.799. The smallest absolute Gasteiger partial charge is 0.296 e. The highest BCUT2D eigenvalue weighted by molar-refractivity contribution is 5.94. The number of carbonyl (C=O) groups is 1. The number of hydrogen-bond acceptors (Lipinski definition) is 2. The highest BCUT2D eigenvalue weighted by Gasteiger charge is 2.13. The Balaban J connectivity index is 2.59. The summed E-state index contributed by atoms with van der Waals surface area (Å²) in [6.07, 6.45) is 0. The maximum Gasteiger partial charge on any atom is 0.296 e. The number of rotatable bonds is 3. The van der Waals surface area contributed by atoms with Gasteiger partial charge in [-0.15, -0.1) is 0 Å². The molecular weight excluding hydrogens is 214 g/mol. The predicted molar refractivity (Wildman–Crippen MR) is 67.2 cm³/mol. The number of benzene rings is 1. The fourth-order valence-electron chi connectivity index (χ4n) is 1.28. The van der Waals surface area contributed by atoms with E-state index in [-0.39, 0.29) is 24.5 Å². The third kappa shape index (κ3) is 4.71. The highest BCUT2D eigenvalue weighted by atomic mass is 16.3. The molecule has 1 atom stereocenters. The zero-order valence-corrected chi connectivity index (χ0v) is 10.1. The summed E-state index contributed by atoms with van der Waals surface area (Å²) in [5, 5.41) is 11.7. The first kappa shape index (κ1) is 13.3. The molecule has 0 radical (unpaired) electrons. The molecular formula is C14H17NO2. The molecule has 0 saturated heterocycles. The molecule has 0 fully saturated rings. The fraction of sp³-hybridized carbons (Fsp3) is 0.357. The number of hydrogen-bond donors (Lipinski definition) is 2. The number of carbonyl (C=O) groups excluding carboxylic acids is 1. The van der Waals surface area contributed by atoms with Gasteiger partial charge in [-0.25, -0.2) is 0 Å². The van der Waals surface area contributed by atoms with Gasteiger partial charge in [0, 0.05) is 11.5 Å². The Labute approximate surface area is 102 Å². The Morgan fingerprint density at radius 3 is 2.53 bits per heavy atom. The summed E-state index contributed by atoms with van der Waals surface area (Å²) in [7, 11) is 0. The minimum absolute atomic E-state index is 0.0730. The summed E-state index contributed by atoms with van der Waals surface area (Å²) in [6.45, 7) is 3.80. The molecule has 0 aliphatic heterocycles. The van der Waals surface area contributed by atoms with Crippen molar-refractivity contribution in [2.75, 3.05) is 6.61 Å². The van der Waals surface area contributed by atoms with Crippen LogP contribution in [0.15, 0.2) is 30.3 Å². The summed E-state index contributed by atoms with van der Waals surface area (Å²) >= 11 is 0. The second kappa shape index (κ2) is 6.72. The number of amides is 1. The first-order valence-corrected chi connectivity index (χ1v) is 5.62. The molecule has 17 heavy (non-hydrogen) atoms. The van der Waals surface area contributed by atoms with Gasteiger partial charge in [0.2, 0.25) is 0 Å². The van der Waals surface area contributed by atoms with Crippen LogP contribution in [0.1, 0.15) is 19.4 Å². The van der Waals surface area contributed by atoms with E-state index in [0.717, 1.165) is 5.56 Å². The summed E-state index contributed by atoms with van der Waals surface area (Å²) < 4.78 is 0. The van der Waals surface area contributed by atoms with Crippen molar-refractivity contribution in [1.29, 1.82) is 0 Å². The molecule has 2 N–H and O–H groups in total. The van der Waals surface area contributed by atoms with E-state index in [1.165, 1.54) is 0 Å². The van der Waals surface area contributed by atoms with Crippen molar-refractivity contribution in [2.24, 2.45) is 5.92 Å². The van der Waals surface area contributed by atoms with E-state index in [1.54, 1.807) is 0 Å². The van der Waals surface area contributed by atoms with E-state index in [4.69, 9.17) is 5.11 Å². The molecule has 1 aromatic carbocycles. The van der Waals surface area contributed by atoms with Crippen molar-refractivity contribution in [3.63, 3.8) is 0 Å². The van der Waals surface area contributed by atoms with Gasteiger partial charge in [-0.1, -0.05) is 38.0 Å². The molecule has 3 heteroatoms. The SMILES string of the molecule is CC(C)C(CO)NC(=O)C#Cc1ccccc1. The quantitative estimate of drug-likeness (QED) is 0.767. The van der Waals surface area contributed by atoms with Crippen molar-refractivity contribution in [1.82, 2.24) is 5.32 Å². The Morgan fingerprint density at radius 1 is 1.35 bits per heavy atom. The fourth-order valence-corrected chi connectivity index (χ4v) is 1.28. The molecule has 0 heterocycles. The molecule has 1 unspecified atom stereocenters. The van der Waals surface area contributed by atoms with Gasteiger partial charge in [0.1, 0.15) is 0 Å². The average molecular weight is 231 g/mol. The number of nitrogens with one attached hydrogen (secondary N) is 1. The Bertz CT molecular complexity index is 415. The van der Waals surface area contributed by atoms with Crippen LogP contribution < -0.4 is 5.32 Å². The minimum atomic E-state index is -0.360. The minimum Gasteiger partial charge on any atom is -0.394 e. The highest BCUT2D eigenvalue weighted by Crippen LogP contribution is 1.99. The zero-order valence-electron chi connectivity index (χ0n) is 10.1. The van der Waals surface area contributed by atoms with E-state index >= 15 is 0 Å². The van der Waals surface area contributed by atoms with Crippen molar-refractivity contribution in [3.05, 3.63) is 35.9 Å². The van der Waals surface area contributed by atoms with E-state index in [0.29, 0.717) is 0 Å². The average Bonchev–Trinajstić information content (AvgIpc) is 2.34. The van der Waals surface area contributed by atoms with Crippen LogP contribution >= 0.6 is 0 Å². The van der Waals surface area contributed by atoms with E-state index < -0.39 is 0 Å². The molecule has 3 nitrogen and oxygen atoms in total. The zero-order chi connectivity index (χ0) is 12.7. The molecule has 0 aliphatic rings. The monoisotopic (exact) mass is 231 g/mol. The maximum atomic E-state index is 11.5. The van der Waals surface area contributed by atoms with Gasteiger partial charge < -0.3 is 10.4 Å². The van der Waals surface area contributed by atoms with Crippen LogP contribution in [-0.4, -0.2) is 23.7 Å². The molecule has 0 aliphatic carbocycles. The van der Waals surface area contributed by atoms with Gasteiger partial charge in [0.25, 0.3) is 5.91 Å². The first-order valence-electron chi connectivity index (χ1n) is 5.62. The van der Waals surface area contributed by atoms with Crippen molar-refractivity contribution in [3.8, 4) is 11.8 Å². The van der Waals surface area contributed by atoms with Gasteiger partial charge >= 0.3 is 0 Å². The topological polar surface area (TPSA) is 49.3 Å². The largest absolute Gasteiger partial charge is 0.394 e. The summed E-state index contributed by atoms with van der Waals surface area (Å²) in [5.74, 6) is 5.10. The number of aliphatic hydroxyl groups excluding tert-OH is 1. The van der Waals surface area contributed by atoms with Gasteiger partial charge in [0.05, 0.1) is 12.6 Å². The van der Waals surface area contributed by atoms with Crippen molar-refractivity contribution < 1.29 is 9.90 Å². The normalized spacial score (nSPS) is 11.5.